The summed E-state index contributed by atoms with van der Waals surface area (Å²) in [5.41, 5.74) is 11.4. The number of hydrogen-bond acceptors (Lipinski definition) is 3. The number of likely N-dealkylation sites (N-methyl/N-ethyl adjacent to an activating group) is 1. The summed E-state index contributed by atoms with van der Waals surface area (Å²) in [5, 5.41) is 2.95. The van der Waals surface area contributed by atoms with Crippen LogP contribution < -0.4 is 16.8 Å². The van der Waals surface area contributed by atoms with Crippen LogP contribution in [-0.4, -0.2) is 13.6 Å². The SMILES string of the molecule is CNCC(/C=C\N)=C/N. The molecule has 0 saturated heterocycles. The van der Waals surface area contributed by atoms with Crippen LogP contribution in [0.25, 0.3) is 0 Å². The van der Waals surface area contributed by atoms with Gasteiger partial charge in [-0.2, -0.15) is 0 Å². The van der Waals surface area contributed by atoms with Crippen molar-refractivity contribution in [1.29, 1.82) is 0 Å². The van der Waals surface area contributed by atoms with Crippen molar-refractivity contribution in [3.05, 3.63) is 24.0 Å². The van der Waals surface area contributed by atoms with Gasteiger partial charge in [0.1, 0.15) is 0 Å². The van der Waals surface area contributed by atoms with Crippen molar-refractivity contribution in [1.82, 2.24) is 5.32 Å². The lowest BCUT2D eigenvalue weighted by molar-refractivity contribution is 0.892. The van der Waals surface area contributed by atoms with E-state index < -0.39 is 0 Å². The molecule has 9 heavy (non-hydrogen) atoms. The van der Waals surface area contributed by atoms with Crippen LogP contribution in [0.1, 0.15) is 0 Å². The van der Waals surface area contributed by atoms with Crippen molar-refractivity contribution in [3.63, 3.8) is 0 Å². The number of nitrogens with two attached hydrogens (primary N) is 2. The maximum Gasteiger partial charge on any atom is 0.0217 e. The first-order valence-corrected chi connectivity index (χ1v) is 2.78. The summed E-state index contributed by atoms with van der Waals surface area (Å²) in [4.78, 5) is 0. The third kappa shape index (κ3) is 3.61. The summed E-state index contributed by atoms with van der Waals surface area (Å²) in [5.74, 6) is 0. The van der Waals surface area contributed by atoms with Gasteiger partial charge in [-0.3, -0.25) is 0 Å². The minimum Gasteiger partial charge on any atom is -0.405 e. The highest BCUT2D eigenvalue weighted by atomic mass is 14.8. The van der Waals surface area contributed by atoms with E-state index in [0.717, 1.165) is 12.1 Å². The van der Waals surface area contributed by atoms with Crippen molar-refractivity contribution in [3.8, 4) is 0 Å². The summed E-state index contributed by atoms with van der Waals surface area (Å²) in [7, 11) is 1.86. The molecular formula is C6H13N3. The molecule has 0 bridgehead atoms. The molecule has 0 amide bonds. The Balaban J connectivity index is 3.70. The van der Waals surface area contributed by atoms with Gasteiger partial charge in [0.15, 0.2) is 0 Å². The zero-order valence-corrected chi connectivity index (χ0v) is 5.59. The first-order valence-electron chi connectivity index (χ1n) is 2.78. The highest BCUT2D eigenvalue weighted by Crippen LogP contribution is 1.88. The molecule has 0 unspecified atom stereocenters. The maximum absolute atomic E-state index is 5.24. The van der Waals surface area contributed by atoms with E-state index in [9.17, 15) is 0 Å². The van der Waals surface area contributed by atoms with Crippen LogP contribution in [0, 0.1) is 0 Å². The van der Waals surface area contributed by atoms with Crippen LogP contribution in [0.5, 0.6) is 0 Å². The molecule has 3 heteroatoms. The van der Waals surface area contributed by atoms with Gasteiger partial charge in [0, 0.05) is 6.54 Å². The molecule has 0 saturated carbocycles. The van der Waals surface area contributed by atoms with Crippen LogP contribution in [0.3, 0.4) is 0 Å². The second-order valence-corrected chi connectivity index (χ2v) is 1.63. The Morgan fingerprint density at radius 3 is 2.56 bits per heavy atom. The summed E-state index contributed by atoms with van der Waals surface area (Å²) in [6.45, 7) is 0.754. The predicted molar refractivity (Wildman–Crippen MR) is 39.5 cm³/mol. The molecule has 0 rings (SSSR count). The molecule has 0 radical (unpaired) electrons. The summed E-state index contributed by atoms with van der Waals surface area (Å²) in [6.07, 6.45) is 4.76. The zero-order valence-electron chi connectivity index (χ0n) is 5.59. The smallest absolute Gasteiger partial charge is 0.0217 e. The highest BCUT2D eigenvalue weighted by molar-refractivity contribution is 5.17. The molecule has 3 nitrogen and oxygen atoms in total. The van der Waals surface area contributed by atoms with Crippen molar-refractivity contribution < 1.29 is 0 Å². The Kier molecular flexibility index (Phi) is 4.63. The Hall–Kier alpha value is -0.960. The molecule has 0 aliphatic rings. The molecule has 0 spiro atoms. The fraction of sp³-hybridized carbons (Fsp3) is 0.333. The van der Waals surface area contributed by atoms with E-state index in [1.807, 2.05) is 7.05 Å². The first kappa shape index (κ1) is 8.04. The second kappa shape index (κ2) is 5.18. The minimum atomic E-state index is 0.754. The van der Waals surface area contributed by atoms with E-state index in [2.05, 4.69) is 5.32 Å². The third-order valence-electron chi connectivity index (χ3n) is 0.905. The minimum absolute atomic E-state index is 0.754. The van der Waals surface area contributed by atoms with Crippen LogP contribution in [-0.2, 0) is 0 Å². The quantitative estimate of drug-likeness (QED) is 0.449. The highest BCUT2D eigenvalue weighted by Gasteiger charge is 1.84. The zero-order chi connectivity index (χ0) is 7.11. The number of hydrogen-bond donors (Lipinski definition) is 3. The van der Waals surface area contributed by atoms with Gasteiger partial charge in [-0.1, -0.05) is 0 Å². The van der Waals surface area contributed by atoms with Crippen LogP contribution in [0.2, 0.25) is 0 Å². The monoisotopic (exact) mass is 127 g/mol. The van der Waals surface area contributed by atoms with Gasteiger partial charge < -0.3 is 16.8 Å². The largest absolute Gasteiger partial charge is 0.405 e. The molecule has 0 aromatic carbocycles. The van der Waals surface area contributed by atoms with E-state index in [0.29, 0.717) is 0 Å². The van der Waals surface area contributed by atoms with Crippen molar-refractivity contribution in [2.45, 2.75) is 0 Å². The Labute approximate surface area is 55.4 Å². The molecule has 0 fully saturated rings. The van der Waals surface area contributed by atoms with E-state index in [4.69, 9.17) is 11.5 Å². The topological polar surface area (TPSA) is 64.1 Å². The van der Waals surface area contributed by atoms with Gasteiger partial charge in [-0.25, -0.2) is 0 Å². The predicted octanol–water partition coefficient (Wildman–Crippen LogP) is -0.479. The van der Waals surface area contributed by atoms with Gasteiger partial charge in [0.05, 0.1) is 0 Å². The number of rotatable bonds is 3. The van der Waals surface area contributed by atoms with E-state index in [-0.39, 0.29) is 0 Å². The van der Waals surface area contributed by atoms with E-state index in [1.165, 1.54) is 12.4 Å². The summed E-state index contributed by atoms with van der Waals surface area (Å²) in [6, 6.07) is 0. The average molecular weight is 127 g/mol. The van der Waals surface area contributed by atoms with Gasteiger partial charge >= 0.3 is 0 Å². The molecule has 0 heterocycles. The Morgan fingerprint density at radius 2 is 2.22 bits per heavy atom. The Bertz CT molecular complexity index is 115. The lowest BCUT2D eigenvalue weighted by atomic mass is 10.3. The lowest BCUT2D eigenvalue weighted by Gasteiger charge is -1.96. The van der Waals surface area contributed by atoms with Crippen molar-refractivity contribution in [2.24, 2.45) is 11.5 Å². The standard InChI is InChI=1S/C6H13N3/c1-9-5-6(4-8)2-3-7/h2-4,9H,5,7-8H2,1H3/b3-2-,6-4+. The first-order chi connectivity index (χ1) is 4.35. The van der Waals surface area contributed by atoms with E-state index >= 15 is 0 Å². The summed E-state index contributed by atoms with van der Waals surface area (Å²) < 4.78 is 0. The van der Waals surface area contributed by atoms with Gasteiger partial charge in [0.2, 0.25) is 0 Å². The fourth-order valence-electron chi connectivity index (χ4n) is 0.501. The molecule has 0 aromatic rings. The van der Waals surface area contributed by atoms with Crippen molar-refractivity contribution in [2.75, 3.05) is 13.6 Å². The molecular weight excluding hydrogens is 114 g/mol. The maximum atomic E-state index is 5.24. The van der Waals surface area contributed by atoms with E-state index in [1.54, 1.807) is 6.08 Å². The second-order valence-electron chi connectivity index (χ2n) is 1.63. The number of nitrogens with one attached hydrogen (secondary N) is 1. The molecule has 52 valence electrons. The van der Waals surface area contributed by atoms with Crippen LogP contribution in [0.15, 0.2) is 24.0 Å². The molecule has 0 aliphatic heterocycles. The Morgan fingerprint density at radius 1 is 1.56 bits per heavy atom. The molecule has 0 aliphatic carbocycles. The fourth-order valence-corrected chi connectivity index (χ4v) is 0.501. The average Bonchev–Trinajstić information content (AvgIpc) is 1.88. The lowest BCUT2D eigenvalue weighted by Crippen LogP contribution is -2.10. The molecule has 0 atom stereocenters. The van der Waals surface area contributed by atoms with Gasteiger partial charge in [-0.05, 0) is 31.1 Å². The normalized spacial score (nSPS) is 12.8. The molecule has 0 aromatic heterocycles. The van der Waals surface area contributed by atoms with Crippen LogP contribution in [0.4, 0.5) is 0 Å². The molecule has 5 N–H and O–H groups in total. The summed E-state index contributed by atoms with van der Waals surface area (Å²) >= 11 is 0. The van der Waals surface area contributed by atoms with Crippen LogP contribution >= 0.6 is 0 Å². The third-order valence-corrected chi connectivity index (χ3v) is 0.905. The van der Waals surface area contributed by atoms with Gasteiger partial charge in [0.25, 0.3) is 0 Å². The van der Waals surface area contributed by atoms with Crippen molar-refractivity contribution >= 4 is 0 Å². The van der Waals surface area contributed by atoms with Gasteiger partial charge in [-0.15, -0.1) is 0 Å².